The third-order valence-electron chi connectivity index (χ3n) is 4.99. The van der Waals surface area contributed by atoms with E-state index < -0.39 is 0 Å². The van der Waals surface area contributed by atoms with Crippen molar-refractivity contribution in [2.24, 2.45) is 0 Å². The summed E-state index contributed by atoms with van der Waals surface area (Å²) < 4.78 is 0. The van der Waals surface area contributed by atoms with Crippen LogP contribution in [0, 0.1) is 0 Å². The summed E-state index contributed by atoms with van der Waals surface area (Å²) in [5.74, 6) is 3.28. The predicted molar refractivity (Wildman–Crippen MR) is 130 cm³/mol. The molecule has 0 radical (unpaired) electrons. The molecule has 0 aromatic heterocycles. The van der Waals surface area contributed by atoms with E-state index in [0.717, 1.165) is 51.4 Å². The van der Waals surface area contributed by atoms with Gasteiger partial charge in [0.05, 0.1) is 0 Å². The van der Waals surface area contributed by atoms with Gasteiger partial charge in [-0.2, -0.15) is 23.5 Å². The lowest BCUT2D eigenvalue weighted by molar-refractivity contribution is -0.119. The predicted octanol–water partition coefficient (Wildman–Crippen LogP) is 7.87. The van der Waals surface area contributed by atoms with E-state index in [4.69, 9.17) is 0 Å². The van der Waals surface area contributed by atoms with Gasteiger partial charge >= 0.3 is 0 Å². The minimum Gasteiger partial charge on any atom is -0.300 e. The van der Waals surface area contributed by atoms with Crippen LogP contribution in [0.2, 0.25) is 0 Å². The van der Waals surface area contributed by atoms with Crippen LogP contribution in [0.5, 0.6) is 0 Å². The van der Waals surface area contributed by atoms with E-state index in [1.807, 2.05) is 23.5 Å². The number of ketones is 2. The molecule has 2 atom stereocenters. The molecule has 0 aliphatic carbocycles. The number of rotatable bonds is 21. The molecule has 0 rings (SSSR count). The first-order valence-corrected chi connectivity index (χ1v) is 13.9. The van der Waals surface area contributed by atoms with Crippen molar-refractivity contribution in [1.82, 2.24) is 0 Å². The van der Waals surface area contributed by atoms with Crippen LogP contribution in [0.25, 0.3) is 0 Å². The van der Waals surface area contributed by atoms with E-state index in [0.29, 0.717) is 22.1 Å². The number of unbranched alkanes of at least 4 members (excludes halogenated alkanes) is 7. The summed E-state index contributed by atoms with van der Waals surface area (Å²) >= 11 is 3.94. The molecule has 0 saturated carbocycles. The molecule has 4 heteroatoms. The van der Waals surface area contributed by atoms with Gasteiger partial charge in [-0.25, -0.2) is 0 Å². The lowest BCUT2D eigenvalue weighted by Gasteiger charge is -2.11. The molecule has 0 aliphatic heterocycles. The third-order valence-corrected chi connectivity index (χ3v) is 7.51. The maximum atomic E-state index is 11.8. The lowest BCUT2D eigenvalue weighted by atomic mass is 10.1. The van der Waals surface area contributed by atoms with Gasteiger partial charge in [0.15, 0.2) is 0 Å². The molecular weight excluding hydrogens is 384 g/mol. The zero-order valence-corrected chi connectivity index (χ0v) is 20.7. The van der Waals surface area contributed by atoms with E-state index in [-0.39, 0.29) is 0 Å². The van der Waals surface area contributed by atoms with Crippen molar-refractivity contribution in [2.75, 3.05) is 11.5 Å². The van der Waals surface area contributed by atoms with Crippen molar-refractivity contribution >= 4 is 35.1 Å². The zero-order chi connectivity index (χ0) is 21.0. The molecule has 0 aliphatic rings. The second-order valence-corrected chi connectivity index (χ2v) is 11.3. The van der Waals surface area contributed by atoms with Crippen molar-refractivity contribution in [3.05, 3.63) is 0 Å². The van der Waals surface area contributed by atoms with Crippen LogP contribution in [0.15, 0.2) is 0 Å². The Bertz CT molecular complexity index is 349. The van der Waals surface area contributed by atoms with Gasteiger partial charge in [0, 0.05) is 36.2 Å². The number of hydrogen-bond acceptors (Lipinski definition) is 4. The van der Waals surface area contributed by atoms with Crippen LogP contribution in [0.1, 0.15) is 118 Å². The summed E-state index contributed by atoms with van der Waals surface area (Å²) in [6, 6.07) is 0. The molecule has 0 aromatic carbocycles. The largest absolute Gasteiger partial charge is 0.300 e. The van der Waals surface area contributed by atoms with Crippen LogP contribution in [0.4, 0.5) is 0 Å². The average molecular weight is 431 g/mol. The number of hydrogen-bond donors (Lipinski definition) is 0. The van der Waals surface area contributed by atoms with Crippen LogP contribution >= 0.6 is 23.5 Å². The molecule has 0 saturated heterocycles. The van der Waals surface area contributed by atoms with Crippen LogP contribution in [-0.4, -0.2) is 33.6 Å². The second kappa shape index (κ2) is 20.3. The molecule has 2 unspecified atom stereocenters. The van der Waals surface area contributed by atoms with E-state index in [2.05, 4.69) is 27.7 Å². The molecule has 0 amide bonds. The van der Waals surface area contributed by atoms with Gasteiger partial charge in [0.1, 0.15) is 11.6 Å². The fraction of sp³-hybridized carbons (Fsp3) is 0.917. The Balaban J connectivity index is 3.39. The SMILES string of the molecule is CCCCC(=O)CC(C)SCCCCCCCCSC(C)CC(=O)CCCC. The number of thioether (sulfide) groups is 2. The van der Waals surface area contributed by atoms with E-state index in [9.17, 15) is 9.59 Å². The molecule has 0 aromatic rings. The quantitative estimate of drug-likeness (QED) is 0.173. The molecule has 0 bridgehead atoms. The average Bonchev–Trinajstić information content (AvgIpc) is 2.66. The first-order chi connectivity index (χ1) is 13.5. The third kappa shape index (κ3) is 19.4. The minimum atomic E-state index is 0.444. The molecule has 0 heterocycles. The van der Waals surface area contributed by atoms with E-state index >= 15 is 0 Å². The Morgan fingerprint density at radius 1 is 0.607 bits per heavy atom. The van der Waals surface area contributed by atoms with Crippen molar-refractivity contribution in [3.8, 4) is 0 Å². The summed E-state index contributed by atoms with van der Waals surface area (Å²) in [6.45, 7) is 8.68. The Kier molecular flexibility index (Phi) is 20.3. The molecule has 0 N–H and O–H groups in total. The molecule has 166 valence electrons. The van der Waals surface area contributed by atoms with Crippen LogP contribution < -0.4 is 0 Å². The molecule has 28 heavy (non-hydrogen) atoms. The summed E-state index contributed by atoms with van der Waals surface area (Å²) in [6.07, 6.45) is 15.2. The second-order valence-electron chi connectivity index (χ2n) is 8.18. The highest BCUT2D eigenvalue weighted by atomic mass is 32.2. The normalized spacial score (nSPS) is 13.4. The first-order valence-electron chi connectivity index (χ1n) is 11.8. The topological polar surface area (TPSA) is 34.1 Å². The van der Waals surface area contributed by atoms with Gasteiger partial charge in [-0.3, -0.25) is 9.59 Å². The minimum absolute atomic E-state index is 0.444. The maximum absolute atomic E-state index is 11.8. The van der Waals surface area contributed by atoms with Crippen molar-refractivity contribution in [3.63, 3.8) is 0 Å². The Hall–Kier alpha value is 0.0400. The van der Waals surface area contributed by atoms with Gasteiger partial charge in [0.2, 0.25) is 0 Å². The monoisotopic (exact) mass is 430 g/mol. The van der Waals surface area contributed by atoms with Gasteiger partial charge in [-0.05, 0) is 37.2 Å². The standard InChI is InChI=1S/C24H46O2S2/c1-5-7-15-23(25)19-21(3)27-17-13-11-9-10-12-14-18-28-22(4)20-24(26)16-8-6-2/h21-22H,5-20H2,1-4H3. The van der Waals surface area contributed by atoms with Gasteiger partial charge in [0.25, 0.3) is 0 Å². The Labute approximate surface area is 184 Å². The van der Waals surface area contributed by atoms with Crippen LogP contribution in [0.3, 0.4) is 0 Å². The highest BCUT2D eigenvalue weighted by Crippen LogP contribution is 2.20. The maximum Gasteiger partial charge on any atom is 0.134 e. The summed E-state index contributed by atoms with van der Waals surface area (Å²) in [7, 11) is 0. The van der Waals surface area contributed by atoms with Gasteiger partial charge in [-0.15, -0.1) is 0 Å². The molecular formula is C24H46O2S2. The van der Waals surface area contributed by atoms with Crippen molar-refractivity contribution < 1.29 is 9.59 Å². The van der Waals surface area contributed by atoms with E-state index in [1.54, 1.807) is 0 Å². The number of carbonyl (C=O) groups excluding carboxylic acids is 2. The van der Waals surface area contributed by atoms with Crippen molar-refractivity contribution in [2.45, 2.75) is 128 Å². The highest BCUT2D eigenvalue weighted by Gasteiger charge is 2.10. The molecule has 0 fully saturated rings. The van der Waals surface area contributed by atoms with Gasteiger partial charge < -0.3 is 0 Å². The van der Waals surface area contributed by atoms with E-state index in [1.165, 1.54) is 50.0 Å². The molecule has 2 nitrogen and oxygen atoms in total. The smallest absolute Gasteiger partial charge is 0.134 e. The zero-order valence-electron chi connectivity index (χ0n) is 19.1. The lowest BCUT2D eigenvalue weighted by Crippen LogP contribution is -2.07. The van der Waals surface area contributed by atoms with Gasteiger partial charge in [-0.1, -0.05) is 66.2 Å². The number of Topliss-reactive ketones (excluding diaryl/α,β-unsaturated/α-hetero) is 2. The summed E-state index contributed by atoms with van der Waals surface area (Å²) in [4.78, 5) is 23.6. The molecule has 0 spiro atoms. The Morgan fingerprint density at radius 2 is 0.964 bits per heavy atom. The Morgan fingerprint density at radius 3 is 1.32 bits per heavy atom. The summed E-state index contributed by atoms with van der Waals surface area (Å²) in [5, 5.41) is 0.967. The highest BCUT2D eigenvalue weighted by molar-refractivity contribution is 8.00. The van der Waals surface area contributed by atoms with Crippen molar-refractivity contribution in [1.29, 1.82) is 0 Å². The van der Waals surface area contributed by atoms with Crippen LogP contribution in [-0.2, 0) is 9.59 Å². The fourth-order valence-electron chi connectivity index (χ4n) is 3.19. The summed E-state index contributed by atoms with van der Waals surface area (Å²) in [5.41, 5.74) is 0. The fourth-order valence-corrected chi connectivity index (χ4v) is 5.35. The number of carbonyl (C=O) groups is 2. The first kappa shape index (κ1) is 28.0.